The molecule has 1 fully saturated rings. The van der Waals surface area contributed by atoms with E-state index in [1.807, 2.05) is 7.05 Å². The Balaban J connectivity index is 2.34. The largest absolute Gasteiger partial charge is 0.381 e. The summed E-state index contributed by atoms with van der Waals surface area (Å²) in [6, 6.07) is 0.865. The number of nitrogens with two attached hydrogens (primary N) is 1. The second kappa shape index (κ2) is 5.58. The molecule has 1 heterocycles. The summed E-state index contributed by atoms with van der Waals surface area (Å²) >= 11 is 0. The van der Waals surface area contributed by atoms with E-state index in [-0.39, 0.29) is 0 Å². The van der Waals surface area contributed by atoms with Crippen LogP contribution >= 0.6 is 0 Å². The molecule has 2 atom stereocenters. The summed E-state index contributed by atoms with van der Waals surface area (Å²) in [6.07, 6.45) is 3.43. The molecule has 0 spiro atoms. The van der Waals surface area contributed by atoms with Crippen LogP contribution in [0.4, 0.5) is 0 Å². The summed E-state index contributed by atoms with van der Waals surface area (Å²) < 4.78 is 5.34. The molecule has 0 saturated carbocycles. The number of hydrogen-bond donors (Lipinski definition) is 2. The molecule has 78 valence electrons. The highest BCUT2D eigenvalue weighted by atomic mass is 16.5. The van der Waals surface area contributed by atoms with Gasteiger partial charge in [0.05, 0.1) is 0 Å². The fraction of sp³-hybridized carbons (Fsp3) is 1.00. The van der Waals surface area contributed by atoms with Crippen LogP contribution in [0.25, 0.3) is 0 Å². The molecule has 2 unspecified atom stereocenters. The normalized spacial score (nSPS) is 24.2. The van der Waals surface area contributed by atoms with Crippen LogP contribution in [0, 0.1) is 5.92 Å². The van der Waals surface area contributed by atoms with E-state index in [0.717, 1.165) is 25.6 Å². The minimum atomic E-state index is 0.292. The fourth-order valence-corrected chi connectivity index (χ4v) is 2.06. The van der Waals surface area contributed by atoms with Gasteiger partial charge < -0.3 is 15.8 Å². The molecular formula is C10H22N2O. The Labute approximate surface area is 81.0 Å². The number of nitrogens with one attached hydrogen (secondary N) is 1. The maximum Gasteiger partial charge on any atom is 0.0469 e. The zero-order chi connectivity index (χ0) is 9.68. The third-order valence-electron chi connectivity index (χ3n) is 2.83. The Bertz CT molecular complexity index is 133. The van der Waals surface area contributed by atoms with Crippen molar-refractivity contribution in [2.75, 3.05) is 20.3 Å². The predicted molar refractivity (Wildman–Crippen MR) is 54.7 cm³/mol. The van der Waals surface area contributed by atoms with Crippen LogP contribution in [0.5, 0.6) is 0 Å². The van der Waals surface area contributed by atoms with Gasteiger partial charge in [-0.15, -0.1) is 0 Å². The van der Waals surface area contributed by atoms with Crippen LogP contribution in [0.2, 0.25) is 0 Å². The van der Waals surface area contributed by atoms with E-state index in [4.69, 9.17) is 10.5 Å². The molecule has 0 aromatic carbocycles. The molecule has 3 nitrogen and oxygen atoms in total. The molecule has 1 rings (SSSR count). The summed E-state index contributed by atoms with van der Waals surface area (Å²) in [6.45, 7) is 3.91. The highest BCUT2D eigenvalue weighted by molar-refractivity contribution is 4.79. The van der Waals surface area contributed by atoms with Crippen molar-refractivity contribution in [1.29, 1.82) is 0 Å². The monoisotopic (exact) mass is 186 g/mol. The smallest absolute Gasteiger partial charge is 0.0469 e. The van der Waals surface area contributed by atoms with Crippen molar-refractivity contribution < 1.29 is 4.74 Å². The van der Waals surface area contributed by atoms with Crippen molar-refractivity contribution >= 4 is 0 Å². The second-order valence-electron chi connectivity index (χ2n) is 4.06. The van der Waals surface area contributed by atoms with E-state index in [1.54, 1.807) is 0 Å². The lowest BCUT2D eigenvalue weighted by molar-refractivity contribution is 0.0529. The molecule has 1 saturated heterocycles. The van der Waals surface area contributed by atoms with Crippen molar-refractivity contribution in [1.82, 2.24) is 5.32 Å². The van der Waals surface area contributed by atoms with E-state index in [0.29, 0.717) is 12.1 Å². The van der Waals surface area contributed by atoms with Crippen molar-refractivity contribution in [2.24, 2.45) is 11.7 Å². The Morgan fingerprint density at radius 3 is 2.54 bits per heavy atom. The first kappa shape index (κ1) is 11.0. The molecule has 0 radical (unpaired) electrons. The summed E-state index contributed by atoms with van der Waals surface area (Å²) in [7, 11) is 2.03. The van der Waals surface area contributed by atoms with Gasteiger partial charge in [0.25, 0.3) is 0 Å². The Morgan fingerprint density at radius 1 is 1.46 bits per heavy atom. The Morgan fingerprint density at radius 2 is 2.08 bits per heavy atom. The van der Waals surface area contributed by atoms with Crippen molar-refractivity contribution in [3.8, 4) is 0 Å². The van der Waals surface area contributed by atoms with Crippen LogP contribution in [-0.2, 0) is 4.74 Å². The van der Waals surface area contributed by atoms with E-state index in [9.17, 15) is 0 Å². The maximum absolute atomic E-state index is 5.80. The zero-order valence-corrected chi connectivity index (χ0v) is 8.75. The topological polar surface area (TPSA) is 47.3 Å². The first-order valence-electron chi connectivity index (χ1n) is 5.24. The summed E-state index contributed by atoms with van der Waals surface area (Å²) in [5.41, 5.74) is 5.80. The highest BCUT2D eigenvalue weighted by Crippen LogP contribution is 2.21. The molecule has 0 aromatic rings. The molecule has 1 aliphatic rings. The molecule has 3 heteroatoms. The third-order valence-corrected chi connectivity index (χ3v) is 2.83. The molecule has 0 aliphatic carbocycles. The van der Waals surface area contributed by atoms with Gasteiger partial charge in [-0.1, -0.05) is 0 Å². The zero-order valence-electron chi connectivity index (χ0n) is 8.75. The highest BCUT2D eigenvalue weighted by Gasteiger charge is 2.23. The Kier molecular flexibility index (Phi) is 4.70. The van der Waals surface area contributed by atoms with Crippen molar-refractivity contribution in [2.45, 2.75) is 38.3 Å². The van der Waals surface area contributed by atoms with Crippen molar-refractivity contribution in [3.05, 3.63) is 0 Å². The lowest BCUT2D eigenvalue weighted by atomic mass is 9.88. The van der Waals surface area contributed by atoms with Gasteiger partial charge in [-0.05, 0) is 39.2 Å². The lowest BCUT2D eigenvalue weighted by Crippen LogP contribution is -2.40. The number of hydrogen-bond acceptors (Lipinski definition) is 3. The van der Waals surface area contributed by atoms with Crippen LogP contribution in [0.3, 0.4) is 0 Å². The minimum Gasteiger partial charge on any atom is -0.381 e. The molecule has 0 aromatic heterocycles. The van der Waals surface area contributed by atoms with Gasteiger partial charge in [0, 0.05) is 25.3 Å². The SMILES string of the molecule is CNC(CC(C)N)C1CCOCC1. The number of ether oxygens (including phenoxy) is 1. The van der Waals surface area contributed by atoms with Crippen molar-refractivity contribution in [3.63, 3.8) is 0 Å². The fourth-order valence-electron chi connectivity index (χ4n) is 2.06. The average molecular weight is 186 g/mol. The van der Waals surface area contributed by atoms with E-state index >= 15 is 0 Å². The van der Waals surface area contributed by atoms with Gasteiger partial charge in [-0.3, -0.25) is 0 Å². The standard InChI is InChI=1S/C10H22N2O/c1-8(11)7-10(12-2)9-3-5-13-6-4-9/h8-10,12H,3-7,11H2,1-2H3. The van der Waals surface area contributed by atoms with E-state index in [2.05, 4.69) is 12.2 Å². The van der Waals surface area contributed by atoms with Gasteiger partial charge in [0.2, 0.25) is 0 Å². The average Bonchev–Trinajstić information content (AvgIpc) is 2.15. The maximum atomic E-state index is 5.80. The summed E-state index contributed by atoms with van der Waals surface area (Å²) in [5.74, 6) is 0.754. The molecule has 0 bridgehead atoms. The van der Waals surface area contributed by atoms with Gasteiger partial charge in [-0.2, -0.15) is 0 Å². The van der Waals surface area contributed by atoms with Crippen LogP contribution < -0.4 is 11.1 Å². The van der Waals surface area contributed by atoms with Gasteiger partial charge >= 0.3 is 0 Å². The van der Waals surface area contributed by atoms with Crippen LogP contribution in [-0.4, -0.2) is 32.3 Å². The van der Waals surface area contributed by atoms with E-state index < -0.39 is 0 Å². The first-order chi connectivity index (χ1) is 6.24. The molecule has 0 amide bonds. The minimum absolute atomic E-state index is 0.292. The second-order valence-corrected chi connectivity index (χ2v) is 4.06. The van der Waals surface area contributed by atoms with Gasteiger partial charge in [-0.25, -0.2) is 0 Å². The third kappa shape index (κ3) is 3.63. The number of rotatable bonds is 4. The molecule has 13 heavy (non-hydrogen) atoms. The van der Waals surface area contributed by atoms with Gasteiger partial charge in [0.15, 0.2) is 0 Å². The van der Waals surface area contributed by atoms with Crippen LogP contribution in [0.15, 0.2) is 0 Å². The first-order valence-corrected chi connectivity index (χ1v) is 5.24. The Hall–Kier alpha value is -0.120. The molecule has 3 N–H and O–H groups in total. The van der Waals surface area contributed by atoms with Gasteiger partial charge in [0.1, 0.15) is 0 Å². The van der Waals surface area contributed by atoms with E-state index in [1.165, 1.54) is 12.8 Å². The molecular weight excluding hydrogens is 164 g/mol. The predicted octanol–water partition coefficient (Wildman–Crippen LogP) is 0.738. The van der Waals surface area contributed by atoms with Crippen LogP contribution in [0.1, 0.15) is 26.2 Å². The lowest BCUT2D eigenvalue weighted by Gasteiger charge is -2.31. The summed E-state index contributed by atoms with van der Waals surface area (Å²) in [4.78, 5) is 0. The molecule has 1 aliphatic heterocycles. The quantitative estimate of drug-likeness (QED) is 0.680. The summed E-state index contributed by atoms with van der Waals surface area (Å²) in [5, 5.41) is 3.37.